The molecule has 0 spiro atoms. The quantitative estimate of drug-likeness (QED) is 0.757. The summed E-state index contributed by atoms with van der Waals surface area (Å²) in [6.07, 6.45) is 0. The number of halogens is 2. The Hall–Kier alpha value is -0.650. The molecule has 0 fully saturated rings. The lowest BCUT2D eigenvalue weighted by molar-refractivity contribution is 0.206. The number of rotatable bonds is 2. The summed E-state index contributed by atoms with van der Waals surface area (Å²) in [5.41, 5.74) is 4.92. The van der Waals surface area contributed by atoms with Crippen LogP contribution in [0.3, 0.4) is 0 Å². The zero-order valence-electron chi connectivity index (χ0n) is 7.59. The number of aromatic hydroxyl groups is 1. The van der Waals surface area contributed by atoms with E-state index in [1.54, 1.807) is 6.92 Å². The number of benzene rings is 1. The minimum Gasteiger partial charge on any atom is -0.507 e. The number of hydrogen-bond acceptors (Lipinski definition) is 3. The maximum atomic E-state index is 12.9. The van der Waals surface area contributed by atoms with Crippen molar-refractivity contribution in [3.63, 3.8) is 0 Å². The van der Waals surface area contributed by atoms with E-state index in [0.717, 1.165) is 6.07 Å². The van der Waals surface area contributed by atoms with Gasteiger partial charge in [0.05, 0.1) is 16.6 Å². The molecule has 4 N–H and O–H groups in total. The van der Waals surface area contributed by atoms with E-state index in [0.29, 0.717) is 5.56 Å². The number of aliphatic hydroxyl groups excluding tert-OH is 1. The van der Waals surface area contributed by atoms with Crippen LogP contribution in [0, 0.1) is 5.82 Å². The van der Waals surface area contributed by atoms with Crippen LogP contribution >= 0.6 is 15.9 Å². The molecule has 14 heavy (non-hydrogen) atoms. The van der Waals surface area contributed by atoms with Crippen molar-refractivity contribution in [1.29, 1.82) is 0 Å². The first kappa shape index (κ1) is 11.4. The van der Waals surface area contributed by atoms with E-state index in [1.807, 2.05) is 0 Å². The van der Waals surface area contributed by atoms with E-state index in [4.69, 9.17) is 10.8 Å². The zero-order valence-corrected chi connectivity index (χ0v) is 9.18. The van der Waals surface area contributed by atoms with Gasteiger partial charge in [-0.05, 0) is 28.9 Å². The third-order valence-electron chi connectivity index (χ3n) is 1.98. The molecular formula is C9H11BrFNO2. The third kappa shape index (κ3) is 2.05. The highest BCUT2D eigenvalue weighted by Crippen LogP contribution is 2.31. The first-order valence-electron chi connectivity index (χ1n) is 3.96. The van der Waals surface area contributed by atoms with E-state index in [9.17, 15) is 9.50 Å². The molecule has 1 aromatic rings. The molecule has 0 bridgehead atoms. The SMILES string of the molecule is CC(N)(CO)c1cc(Br)c(F)cc1O. The van der Waals surface area contributed by atoms with Crippen molar-refractivity contribution >= 4 is 15.9 Å². The van der Waals surface area contributed by atoms with Gasteiger partial charge in [0.1, 0.15) is 11.6 Å². The molecule has 0 heterocycles. The molecule has 0 radical (unpaired) electrons. The Kier molecular flexibility index (Phi) is 3.14. The Labute approximate surface area is 89.5 Å². The van der Waals surface area contributed by atoms with Gasteiger partial charge in [-0.15, -0.1) is 0 Å². The summed E-state index contributed by atoms with van der Waals surface area (Å²) in [7, 11) is 0. The second-order valence-corrected chi connectivity index (χ2v) is 4.21. The monoisotopic (exact) mass is 263 g/mol. The predicted molar refractivity (Wildman–Crippen MR) is 54.4 cm³/mol. The molecule has 0 saturated heterocycles. The summed E-state index contributed by atoms with van der Waals surface area (Å²) >= 11 is 2.98. The lowest BCUT2D eigenvalue weighted by atomic mass is 9.93. The Morgan fingerprint density at radius 1 is 1.57 bits per heavy atom. The van der Waals surface area contributed by atoms with Crippen LogP contribution in [0.25, 0.3) is 0 Å². The van der Waals surface area contributed by atoms with E-state index in [2.05, 4.69) is 15.9 Å². The molecule has 0 amide bonds. The van der Waals surface area contributed by atoms with Gasteiger partial charge in [0.15, 0.2) is 0 Å². The Balaban J connectivity index is 3.29. The normalized spacial score (nSPS) is 15.2. The summed E-state index contributed by atoms with van der Waals surface area (Å²) in [6.45, 7) is 1.21. The second-order valence-electron chi connectivity index (χ2n) is 3.36. The molecule has 1 atom stereocenters. The van der Waals surface area contributed by atoms with Crippen LogP contribution < -0.4 is 5.73 Å². The average Bonchev–Trinajstić information content (AvgIpc) is 2.11. The van der Waals surface area contributed by atoms with Crippen molar-refractivity contribution in [3.8, 4) is 5.75 Å². The lowest BCUT2D eigenvalue weighted by Gasteiger charge is -2.23. The molecule has 78 valence electrons. The fourth-order valence-corrected chi connectivity index (χ4v) is 1.42. The van der Waals surface area contributed by atoms with Crippen molar-refractivity contribution in [2.24, 2.45) is 5.73 Å². The lowest BCUT2D eigenvalue weighted by Crippen LogP contribution is -2.37. The van der Waals surface area contributed by atoms with E-state index < -0.39 is 11.4 Å². The zero-order chi connectivity index (χ0) is 10.9. The molecule has 0 saturated carbocycles. The summed E-state index contributed by atoms with van der Waals surface area (Å²) in [6, 6.07) is 2.32. The largest absolute Gasteiger partial charge is 0.507 e. The molecule has 1 unspecified atom stereocenters. The van der Waals surface area contributed by atoms with Crippen molar-refractivity contribution < 1.29 is 14.6 Å². The third-order valence-corrected chi connectivity index (χ3v) is 2.59. The molecule has 3 nitrogen and oxygen atoms in total. The standard InChI is InChI=1S/C9H11BrFNO2/c1-9(12,4-13)5-2-6(10)7(11)3-8(5)14/h2-3,13-14H,4,12H2,1H3. The van der Waals surface area contributed by atoms with Crippen molar-refractivity contribution in [2.75, 3.05) is 6.61 Å². The van der Waals surface area contributed by atoms with Crippen LogP contribution in [0.2, 0.25) is 0 Å². The summed E-state index contributed by atoms with van der Waals surface area (Å²) < 4.78 is 13.1. The van der Waals surface area contributed by atoms with Gasteiger partial charge in [-0.3, -0.25) is 0 Å². The molecule has 1 aromatic carbocycles. The summed E-state index contributed by atoms with van der Waals surface area (Å²) in [4.78, 5) is 0. The first-order chi connectivity index (χ1) is 6.38. The molecule has 1 rings (SSSR count). The summed E-state index contributed by atoms with van der Waals surface area (Å²) in [5.74, 6) is -0.829. The fraction of sp³-hybridized carbons (Fsp3) is 0.333. The van der Waals surface area contributed by atoms with Crippen LogP contribution in [0.4, 0.5) is 4.39 Å². The van der Waals surface area contributed by atoms with E-state index in [1.165, 1.54) is 6.07 Å². The van der Waals surface area contributed by atoms with Crippen molar-refractivity contribution in [2.45, 2.75) is 12.5 Å². The molecular weight excluding hydrogens is 253 g/mol. The molecule has 0 aliphatic carbocycles. The minimum atomic E-state index is -1.08. The maximum Gasteiger partial charge on any atom is 0.141 e. The molecule has 0 aliphatic rings. The van der Waals surface area contributed by atoms with Crippen LogP contribution in [0.1, 0.15) is 12.5 Å². The summed E-state index contributed by atoms with van der Waals surface area (Å²) in [5, 5.41) is 18.4. The van der Waals surface area contributed by atoms with Gasteiger partial charge in [-0.1, -0.05) is 0 Å². The van der Waals surface area contributed by atoms with Gasteiger partial charge in [-0.2, -0.15) is 0 Å². The number of aliphatic hydroxyl groups is 1. The minimum absolute atomic E-state index is 0.204. The van der Waals surface area contributed by atoms with Crippen molar-refractivity contribution in [1.82, 2.24) is 0 Å². The highest BCUT2D eigenvalue weighted by molar-refractivity contribution is 9.10. The van der Waals surface area contributed by atoms with Crippen LogP contribution in [0.5, 0.6) is 5.75 Å². The van der Waals surface area contributed by atoms with Crippen LogP contribution in [0.15, 0.2) is 16.6 Å². The average molecular weight is 264 g/mol. The number of phenolic OH excluding ortho intramolecular Hbond substituents is 1. The predicted octanol–water partition coefficient (Wildman–Crippen LogP) is 1.46. The smallest absolute Gasteiger partial charge is 0.141 e. The highest BCUT2D eigenvalue weighted by atomic mass is 79.9. The van der Waals surface area contributed by atoms with Gasteiger partial charge in [0.2, 0.25) is 0 Å². The van der Waals surface area contributed by atoms with Gasteiger partial charge in [0.25, 0.3) is 0 Å². The van der Waals surface area contributed by atoms with E-state index >= 15 is 0 Å². The molecule has 0 aromatic heterocycles. The molecule has 5 heteroatoms. The second kappa shape index (κ2) is 3.84. The maximum absolute atomic E-state index is 12.9. The Morgan fingerprint density at radius 2 is 2.14 bits per heavy atom. The first-order valence-corrected chi connectivity index (χ1v) is 4.76. The van der Waals surface area contributed by atoms with Crippen LogP contribution in [-0.4, -0.2) is 16.8 Å². The number of nitrogens with two attached hydrogens (primary N) is 1. The van der Waals surface area contributed by atoms with E-state index in [-0.39, 0.29) is 16.8 Å². The topological polar surface area (TPSA) is 66.5 Å². The number of hydrogen-bond donors (Lipinski definition) is 3. The van der Waals surface area contributed by atoms with Gasteiger partial charge in [0, 0.05) is 11.6 Å². The fourth-order valence-electron chi connectivity index (χ4n) is 1.08. The highest BCUT2D eigenvalue weighted by Gasteiger charge is 2.24. The Morgan fingerprint density at radius 3 is 2.64 bits per heavy atom. The van der Waals surface area contributed by atoms with Gasteiger partial charge in [-0.25, -0.2) is 4.39 Å². The van der Waals surface area contributed by atoms with Crippen molar-refractivity contribution in [3.05, 3.63) is 28.0 Å². The van der Waals surface area contributed by atoms with Crippen LogP contribution in [-0.2, 0) is 5.54 Å². The van der Waals surface area contributed by atoms with Gasteiger partial charge < -0.3 is 15.9 Å². The molecule has 0 aliphatic heterocycles. The Bertz CT molecular complexity index is 355. The van der Waals surface area contributed by atoms with Gasteiger partial charge >= 0.3 is 0 Å². The number of phenols is 1.